The molecule has 0 unspecified atom stereocenters. The fourth-order valence-corrected chi connectivity index (χ4v) is 3.73. The monoisotopic (exact) mass is 445 g/mol. The third-order valence-corrected chi connectivity index (χ3v) is 5.01. The second-order valence-corrected chi connectivity index (χ2v) is 7.21. The van der Waals surface area contributed by atoms with Gasteiger partial charge in [-0.15, -0.1) is 0 Å². The summed E-state index contributed by atoms with van der Waals surface area (Å²) in [5.41, 5.74) is 1.50. The molecule has 1 amide bonds. The molecule has 0 spiro atoms. The number of fused-ring (bicyclic) bond motifs is 2. The number of hydrogen-bond acceptors (Lipinski definition) is 3. The van der Waals surface area contributed by atoms with Crippen LogP contribution in [0.5, 0.6) is 5.75 Å². The van der Waals surface area contributed by atoms with Crippen molar-refractivity contribution in [2.45, 2.75) is 19.2 Å². The average Bonchev–Trinajstić information content (AvgIpc) is 3.05. The van der Waals surface area contributed by atoms with Gasteiger partial charge in [-0.3, -0.25) is 4.79 Å². The Morgan fingerprint density at radius 3 is 2.67 bits per heavy atom. The molecule has 0 N–H and O–H groups in total. The second-order valence-electron chi connectivity index (χ2n) is 6.77. The molecule has 158 valence electrons. The van der Waals surface area contributed by atoms with Crippen LogP contribution in [0, 0.1) is 0 Å². The van der Waals surface area contributed by atoms with Gasteiger partial charge in [0.2, 0.25) is 0 Å². The van der Waals surface area contributed by atoms with Crippen molar-refractivity contribution < 1.29 is 35.9 Å². The Kier molecular flexibility index (Phi) is 5.09. The van der Waals surface area contributed by atoms with Gasteiger partial charge in [-0.1, -0.05) is 11.6 Å². The van der Waals surface area contributed by atoms with Crippen molar-refractivity contribution in [1.82, 2.24) is 4.90 Å². The Hall–Kier alpha value is -2.81. The fourth-order valence-electron chi connectivity index (χ4n) is 3.57. The molecule has 2 aromatic carbocycles. The third kappa shape index (κ3) is 3.94. The van der Waals surface area contributed by atoms with Crippen LogP contribution in [0.1, 0.15) is 15.9 Å². The molecule has 0 aliphatic carbocycles. The summed E-state index contributed by atoms with van der Waals surface area (Å²) in [5, 5.41) is 1.11. The van der Waals surface area contributed by atoms with E-state index in [1.54, 1.807) is 24.3 Å². The topological polar surface area (TPSA) is 42.7 Å². The molecule has 1 aliphatic rings. The highest BCUT2D eigenvalue weighted by Crippen LogP contribution is 2.39. The van der Waals surface area contributed by atoms with Crippen molar-refractivity contribution in [1.29, 1.82) is 0 Å². The van der Waals surface area contributed by atoms with E-state index in [-0.39, 0.29) is 18.5 Å². The highest BCUT2D eigenvalue weighted by molar-refractivity contribution is 6.31. The maximum absolute atomic E-state index is 13.0. The minimum atomic E-state index is -4.60. The zero-order valence-electron chi connectivity index (χ0n) is 15.1. The van der Waals surface area contributed by atoms with E-state index in [1.807, 2.05) is 0 Å². The van der Waals surface area contributed by atoms with Crippen LogP contribution in [0.25, 0.3) is 22.1 Å². The number of carbonyl (C=O) groups excluding carboxylic acids is 1. The smallest absolute Gasteiger partial charge is 0.406 e. The molecule has 4 nitrogen and oxygen atoms in total. The van der Waals surface area contributed by atoms with E-state index in [0.29, 0.717) is 37.6 Å². The van der Waals surface area contributed by atoms with Gasteiger partial charge >= 0.3 is 12.8 Å². The summed E-state index contributed by atoms with van der Waals surface area (Å²) in [6.07, 6.45) is -3.13. The first-order chi connectivity index (χ1) is 14.1. The number of amides is 1. The Bertz CT molecular complexity index is 1130. The molecule has 0 atom stereocenters. The molecule has 1 aliphatic heterocycles. The molecule has 30 heavy (non-hydrogen) atoms. The normalized spacial score (nSPS) is 14.5. The summed E-state index contributed by atoms with van der Waals surface area (Å²) in [7, 11) is 0. The van der Waals surface area contributed by atoms with Gasteiger partial charge in [-0.25, -0.2) is 0 Å². The van der Waals surface area contributed by atoms with E-state index >= 15 is 0 Å². The quantitative estimate of drug-likeness (QED) is 0.468. The Balaban J connectivity index is 1.82. The third-order valence-electron chi connectivity index (χ3n) is 4.77. The van der Waals surface area contributed by atoms with E-state index in [9.17, 15) is 26.7 Å². The van der Waals surface area contributed by atoms with Gasteiger partial charge < -0.3 is 14.1 Å². The first-order valence-electron chi connectivity index (χ1n) is 8.77. The number of rotatable bonds is 4. The predicted octanol–water partition coefficient (Wildman–Crippen LogP) is 5.92. The van der Waals surface area contributed by atoms with E-state index in [0.717, 1.165) is 0 Å². The van der Waals surface area contributed by atoms with Crippen molar-refractivity contribution in [3.8, 4) is 16.9 Å². The molecule has 3 aromatic rings. The number of hydrogen-bond donors (Lipinski definition) is 0. The molecule has 4 rings (SSSR count). The molecule has 0 radical (unpaired) electrons. The van der Waals surface area contributed by atoms with Crippen LogP contribution in [0.2, 0.25) is 5.02 Å². The summed E-state index contributed by atoms with van der Waals surface area (Å²) in [6, 6.07) is 7.71. The molecule has 0 saturated heterocycles. The summed E-state index contributed by atoms with van der Waals surface area (Å²) < 4.78 is 74.3. The summed E-state index contributed by atoms with van der Waals surface area (Å²) >= 11 is 5.94. The average molecular weight is 446 g/mol. The molecule has 0 fully saturated rings. The van der Waals surface area contributed by atoms with Crippen LogP contribution in [-0.2, 0) is 6.42 Å². The number of benzene rings is 2. The minimum Gasteiger partial charge on any atom is -0.464 e. The van der Waals surface area contributed by atoms with Crippen LogP contribution in [0.4, 0.5) is 22.0 Å². The molecule has 2 heterocycles. The number of ether oxygens (including phenoxy) is 1. The van der Waals surface area contributed by atoms with Crippen molar-refractivity contribution in [3.05, 3.63) is 52.7 Å². The van der Waals surface area contributed by atoms with Gasteiger partial charge in [0, 0.05) is 28.6 Å². The SMILES string of the molecule is O=C1c2c(cc(-c3coc4cc(Cl)ccc34)cc2OC(F)F)CCN1CC(F)(F)F. The maximum Gasteiger partial charge on any atom is 0.406 e. The lowest BCUT2D eigenvalue weighted by molar-refractivity contribution is -0.141. The van der Waals surface area contributed by atoms with E-state index < -0.39 is 31.0 Å². The lowest BCUT2D eigenvalue weighted by atomic mass is 9.93. The Morgan fingerprint density at radius 2 is 1.97 bits per heavy atom. The first-order valence-corrected chi connectivity index (χ1v) is 9.15. The fraction of sp³-hybridized carbons (Fsp3) is 0.250. The minimum absolute atomic E-state index is 0.0617. The summed E-state index contributed by atoms with van der Waals surface area (Å²) in [5.74, 6) is -1.47. The Morgan fingerprint density at radius 1 is 1.20 bits per heavy atom. The van der Waals surface area contributed by atoms with Gasteiger partial charge in [0.1, 0.15) is 17.9 Å². The Labute approximate surface area is 171 Å². The number of alkyl halides is 5. The van der Waals surface area contributed by atoms with Gasteiger partial charge in [-0.05, 0) is 41.8 Å². The van der Waals surface area contributed by atoms with Crippen LogP contribution in [0.15, 0.2) is 41.0 Å². The number of halogens is 6. The van der Waals surface area contributed by atoms with Crippen LogP contribution >= 0.6 is 11.6 Å². The summed E-state index contributed by atoms with van der Waals surface area (Å²) in [6.45, 7) is -4.91. The van der Waals surface area contributed by atoms with Crippen molar-refractivity contribution in [2.24, 2.45) is 0 Å². The molecule has 10 heteroatoms. The zero-order chi connectivity index (χ0) is 21.6. The largest absolute Gasteiger partial charge is 0.464 e. The molecule has 0 saturated carbocycles. The van der Waals surface area contributed by atoms with Gasteiger partial charge in [0.05, 0.1) is 11.8 Å². The standard InChI is InChI=1S/C20H13ClF5NO3/c21-12-1-2-13-14(8-29-15(13)7-12)11-5-10-3-4-27(9-20(24,25)26)18(28)17(10)16(6-11)30-19(22)23/h1-2,5-8,19H,3-4,9H2. The highest BCUT2D eigenvalue weighted by Gasteiger charge is 2.37. The van der Waals surface area contributed by atoms with E-state index in [1.165, 1.54) is 12.3 Å². The number of furan rings is 1. The molecule has 0 bridgehead atoms. The lowest BCUT2D eigenvalue weighted by Gasteiger charge is -2.30. The van der Waals surface area contributed by atoms with Crippen LogP contribution < -0.4 is 4.74 Å². The maximum atomic E-state index is 13.0. The van der Waals surface area contributed by atoms with Gasteiger partial charge in [-0.2, -0.15) is 22.0 Å². The number of carbonyl (C=O) groups is 1. The van der Waals surface area contributed by atoms with Gasteiger partial charge in [0.25, 0.3) is 5.91 Å². The number of nitrogens with zero attached hydrogens (tertiary/aromatic N) is 1. The zero-order valence-corrected chi connectivity index (χ0v) is 15.9. The van der Waals surface area contributed by atoms with Crippen molar-refractivity contribution in [3.63, 3.8) is 0 Å². The lowest BCUT2D eigenvalue weighted by Crippen LogP contribution is -2.43. The van der Waals surface area contributed by atoms with E-state index in [4.69, 9.17) is 16.0 Å². The molecular weight excluding hydrogens is 433 g/mol. The van der Waals surface area contributed by atoms with Crippen molar-refractivity contribution >= 4 is 28.5 Å². The molecule has 1 aromatic heterocycles. The molecular formula is C20H13ClF5NO3. The second kappa shape index (κ2) is 7.46. The van der Waals surface area contributed by atoms with Crippen LogP contribution in [0.3, 0.4) is 0 Å². The van der Waals surface area contributed by atoms with Crippen LogP contribution in [-0.4, -0.2) is 36.7 Å². The van der Waals surface area contributed by atoms with Gasteiger partial charge in [0.15, 0.2) is 0 Å². The first kappa shape index (κ1) is 20.5. The van der Waals surface area contributed by atoms with E-state index in [2.05, 4.69) is 4.74 Å². The van der Waals surface area contributed by atoms with Crippen molar-refractivity contribution in [2.75, 3.05) is 13.1 Å². The predicted molar refractivity (Wildman–Crippen MR) is 99.0 cm³/mol. The summed E-state index contributed by atoms with van der Waals surface area (Å²) in [4.78, 5) is 13.2. The highest BCUT2D eigenvalue weighted by atomic mass is 35.5.